The van der Waals surface area contributed by atoms with Crippen molar-refractivity contribution < 1.29 is 14.3 Å². The van der Waals surface area contributed by atoms with Crippen molar-refractivity contribution >= 4 is 54.9 Å². The average molecular weight is 437 g/mol. The van der Waals surface area contributed by atoms with Crippen molar-refractivity contribution in [2.45, 2.75) is 0 Å². The van der Waals surface area contributed by atoms with Crippen LogP contribution in [0.25, 0.3) is 10.2 Å². The predicted octanol–water partition coefficient (Wildman–Crippen LogP) is 3.55. The number of nitrogens with one attached hydrogen (secondary N) is 1. The molecule has 2 heterocycles. The summed E-state index contributed by atoms with van der Waals surface area (Å²) in [5.74, 6) is 1.75. The lowest BCUT2D eigenvalue weighted by Gasteiger charge is -2.18. The summed E-state index contributed by atoms with van der Waals surface area (Å²) in [6.45, 7) is 0.140. The van der Waals surface area contributed by atoms with Crippen molar-refractivity contribution in [3.63, 3.8) is 0 Å². The van der Waals surface area contributed by atoms with Crippen LogP contribution >= 0.6 is 27.3 Å². The van der Waals surface area contributed by atoms with Crippen molar-refractivity contribution in [1.82, 2.24) is 9.97 Å². The van der Waals surface area contributed by atoms with Crippen LogP contribution in [0.3, 0.4) is 0 Å². The minimum atomic E-state index is -0.176. The van der Waals surface area contributed by atoms with Crippen molar-refractivity contribution in [2.24, 2.45) is 0 Å². The molecule has 0 aliphatic carbocycles. The van der Waals surface area contributed by atoms with E-state index in [-0.39, 0.29) is 12.5 Å². The molecule has 1 N–H and O–H groups in total. The number of carbonyl (C=O) groups is 1. The zero-order chi connectivity index (χ0) is 18.7. The van der Waals surface area contributed by atoms with Gasteiger partial charge < -0.3 is 19.7 Å². The monoisotopic (exact) mass is 436 g/mol. The van der Waals surface area contributed by atoms with Gasteiger partial charge in [0.05, 0.1) is 34.8 Å². The number of fused-ring (bicyclic) bond motifs is 1. The molecule has 0 atom stereocenters. The first-order valence-corrected chi connectivity index (χ1v) is 9.25. The number of rotatable bonds is 6. The van der Waals surface area contributed by atoms with Crippen LogP contribution < -0.4 is 19.7 Å². The molecule has 0 aliphatic heterocycles. The lowest BCUT2D eigenvalue weighted by Crippen LogP contribution is -2.30. The van der Waals surface area contributed by atoms with Gasteiger partial charge >= 0.3 is 0 Å². The third kappa shape index (κ3) is 4.05. The van der Waals surface area contributed by atoms with Gasteiger partial charge in [-0.15, -0.1) is 11.3 Å². The fourth-order valence-corrected chi connectivity index (χ4v) is 4.04. The van der Waals surface area contributed by atoms with E-state index in [1.165, 1.54) is 17.7 Å². The Balaban J connectivity index is 1.75. The van der Waals surface area contributed by atoms with Crippen molar-refractivity contribution in [1.29, 1.82) is 0 Å². The Morgan fingerprint density at radius 2 is 1.88 bits per heavy atom. The number of aromatic nitrogens is 2. The minimum Gasteiger partial charge on any atom is -0.497 e. The Bertz CT molecular complexity index is 925. The first-order valence-electron chi connectivity index (χ1n) is 7.64. The number of likely N-dealkylation sites (N-methyl/N-ethyl adjacent to an activating group) is 1. The topological polar surface area (TPSA) is 76.6 Å². The van der Waals surface area contributed by atoms with Gasteiger partial charge in [0.15, 0.2) is 0 Å². The highest BCUT2D eigenvalue weighted by atomic mass is 79.9. The molecular weight excluding hydrogens is 420 g/mol. The molecule has 0 saturated carbocycles. The second kappa shape index (κ2) is 7.88. The molecule has 3 aromatic rings. The molecule has 2 aromatic heterocycles. The number of anilines is 2. The van der Waals surface area contributed by atoms with Crippen LogP contribution in [0, 0.1) is 0 Å². The Morgan fingerprint density at radius 1 is 1.19 bits per heavy atom. The molecule has 0 unspecified atom stereocenters. The molecule has 9 heteroatoms. The van der Waals surface area contributed by atoms with Crippen LogP contribution in [0.4, 0.5) is 11.5 Å². The van der Waals surface area contributed by atoms with Crippen LogP contribution in [-0.4, -0.2) is 43.7 Å². The summed E-state index contributed by atoms with van der Waals surface area (Å²) in [6, 6.07) is 7.15. The summed E-state index contributed by atoms with van der Waals surface area (Å²) < 4.78 is 12.3. The highest BCUT2D eigenvalue weighted by Crippen LogP contribution is 2.33. The minimum absolute atomic E-state index is 0.140. The largest absolute Gasteiger partial charge is 0.497 e. The second-order valence-corrected chi connectivity index (χ2v) is 7.90. The first kappa shape index (κ1) is 18.4. The number of nitrogens with zero attached hydrogens (tertiary/aromatic N) is 3. The van der Waals surface area contributed by atoms with Crippen molar-refractivity contribution in [3.05, 3.63) is 34.4 Å². The molecule has 0 aliphatic rings. The highest BCUT2D eigenvalue weighted by Gasteiger charge is 2.15. The molecule has 0 saturated heterocycles. The summed E-state index contributed by atoms with van der Waals surface area (Å²) in [7, 11) is 4.95. The third-order valence-corrected chi connectivity index (χ3v) is 5.26. The fourth-order valence-electron chi connectivity index (χ4n) is 2.46. The predicted molar refractivity (Wildman–Crippen MR) is 107 cm³/mol. The zero-order valence-corrected chi connectivity index (χ0v) is 16.8. The van der Waals surface area contributed by atoms with Gasteiger partial charge in [0.1, 0.15) is 23.6 Å². The van der Waals surface area contributed by atoms with Crippen molar-refractivity contribution in [3.8, 4) is 11.5 Å². The van der Waals surface area contributed by atoms with E-state index >= 15 is 0 Å². The maximum absolute atomic E-state index is 12.5. The van der Waals surface area contributed by atoms with E-state index < -0.39 is 0 Å². The number of carbonyl (C=O) groups excluding carboxylic acids is 1. The molecule has 0 fully saturated rings. The quantitative estimate of drug-likeness (QED) is 0.636. The Kier molecular flexibility index (Phi) is 5.58. The van der Waals surface area contributed by atoms with E-state index in [1.807, 2.05) is 13.1 Å². The molecule has 1 aromatic carbocycles. The molecule has 1 amide bonds. The Hall–Kier alpha value is -2.39. The highest BCUT2D eigenvalue weighted by molar-refractivity contribution is 9.11. The smallest absolute Gasteiger partial charge is 0.243 e. The summed E-state index contributed by atoms with van der Waals surface area (Å²) >= 11 is 4.99. The van der Waals surface area contributed by atoms with Crippen molar-refractivity contribution in [2.75, 3.05) is 38.0 Å². The van der Waals surface area contributed by atoms with Gasteiger partial charge in [-0.25, -0.2) is 9.97 Å². The lowest BCUT2D eigenvalue weighted by atomic mass is 10.2. The van der Waals surface area contributed by atoms with Gasteiger partial charge in [-0.05, 0) is 22.0 Å². The van der Waals surface area contributed by atoms with Gasteiger partial charge in [-0.1, -0.05) is 0 Å². The van der Waals surface area contributed by atoms with Gasteiger partial charge in [-0.3, -0.25) is 4.79 Å². The average Bonchev–Trinajstić information content (AvgIpc) is 3.00. The lowest BCUT2D eigenvalue weighted by molar-refractivity contribution is -0.114. The summed E-state index contributed by atoms with van der Waals surface area (Å²) in [6.07, 6.45) is 1.50. The van der Waals surface area contributed by atoms with Crippen LogP contribution in [0.1, 0.15) is 0 Å². The summed E-state index contributed by atoms with van der Waals surface area (Å²) in [5, 5.41) is 2.86. The van der Waals surface area contributed by atoms with E-state index in [1.54, 1.807) is 37.3 Å². The van der Waals surface area contributed by atoms with Crippen LogP contribution in [-0.2, 0) is 4.79 Å². The molecule has 26 heavy (non-hydrogen) atoms. The number of benzene rings is 1. The Morgan fingerprint density at radius 3 is 2.54 bits per heavy atom. The second-order valence-electron chi connectivity index (χ2n) is 5.47. The number of ether oxygens (including phenoxy) is 2. The van der Waals surface area contributed by atoms with E-state index in [0.29, 0.717) is 23.0 Å². The molecule has 3 rings (SSSR count). The number of thiophene rings is 1. The number of halogens is 1. The molecule has 136 valence electrons. The van der Waals surface area contributed by atoms with E-state index in [0.717, 1.165) is 14.0 Å². The fraction of sp³-hybridized carbons (Fsp3) is 0.235. The number of hydrogen-bond donors (Lipinski definition) is 1. The third-order valence-electron chi connectivity index (χ3n) is 3.64. The first-order chi connectivity index (χ1) is 12.5. The molecule has 0 bridgehead atoms. The van der Waals surface area contributed by atoms with Crippen LogP contribution in [0.15, 0.2) is 34.4 Å². The molecule has 0 radical (unpaired) electrons. The molecular formula is C17H17BrN4O3S. The van der Waals surface area contributed by atoms with Gasteiger partial charge in [-0.2, -0.15) is 0 Å². The molecule has 0 spiro atoms. The van der Waals surface area contributed by atoms with Crippen LogP contribution in [0.5, 0.6) is 11.5 Å². The Labute approximate surface area is 163 Å². The summed E-state index contributed by atoms with van der Waals surface area (Å²) in [4.78, 5) is 22.8. The van der Waals surface area contributed by atoms with Crippen LogP contribution in [0.2, 0.25) is 0 Å². The standard InChI is InChI=1S/C17H17BrN4O3S/c1-22(17-16-13(19-9-20-17)7-14(18)26-16)8-15(23)21-10-4-11(24-2)6-12(5-10)25-3/h4-7,9H,8H2,1-3H3,(H,21,23). The van der Waals surface area contributed by atoms with Gasteiger partial charge in [0, 0.05) is 30.9 Å². The van der Waals surface area contributed by atoms with E-state index in [9.17, 15) is 4.79 Å². The van der Waals surface area contributed by atoms with Gasteiger partial charge in [0.2, 0.25) is 5.91 Å². The zero-order valence-electron chi connectivity index (χ0n) is 14.4. The number of hydrogen-bond acceptors (Lipinski definition) is 7. The number of methoxy groups -OCH3 is 2. The van der Waals surface area contributed by atoms with Gasteiger partial charge in [0.25, 0.3) is 0 Å². The maximum atomic E-state index is 12.5. The summed E-state index contributed by atoms with van der Waals surface area (Å²) in [5.41, 5.74) is 1.45. The van der Waals surface area contributed by atoms with E-state index in [2.05, 4.69) is 31.2 Å². The number of amides is 1. The molecule has 7 nitrogen and oxygen atoms in total. The SMILES string of the molecule is COc1cc(NC(=O)CN(C)c2ncnc3cc(Br)sc23)cc(OC)c1. The maximum Gasteiger partial charge on any atom is 0.243 e. The normalized spacial score (nSPS) is 10.6. The van der Waals surface area contributed by atoms with E-state index in [4.69, 9.17) is 9.47 Å².